The van der Waals surface area contributed by atoms with Crippen LogP contribution in [0.5, 0.6) is 0 Å². The number of benzene rings is 1. The molecule has 2 atom stereocenters. The van der Waals surface area contributed by atoms with Gasteiger partial charge in [-0.25, -0.2) is 4.39 Å². The number of hydrogen-bond acceptors (Lipinski definition) is 4. The van der Waals surface area contributed by atoms with Crippen molar-refractivity contribution >= 4 is 23.4 Å². The zero-order chi connectivity index (χ0) is 19.6. The van der Waals surface area contributed by atoms with Crippen molar-refractivity contribution < 1.29 is 18.7 Å². The fourth-order valence-corrected chi connectivity index (χ4v) is 3.62. The van der Waals surface area contributed by atoms with E-state index in [1.807, 2.05) is 6.07 Å². The van der Waals surface area contributed by atoms with Crippen molar-refractivity contribution in [3.63, 3.8) is 0 Å². The van der Waals surface area contributed by atoms with Gasteiger partial charge in [0.05, 0.1) is 6.04 Å². The van der Waals surface area contributed by atoms with E-state index in [2.05, 4.69) is 10.4 Å². The maximum Gasteiger partial charge on any atom is 0.254 e. The summed E-state index contributed by atoms with van der Waals surface area (Å²) in [6.07, 6.45) is 1.67. The molecular formula is C18H20ClFN4O3. The Bertz CT molecular complexity index is 837. The van der Waals surface area contributed by atoms with Gasteiger partial charge in [0.2, 0.25) is 5.91 Å². The summed E-state index contributed by atoms with van der Waals surface area (Å²) >= 11 is 5.87. The van der Waals surface area contributed by atoms with Crippen LogP contribution < -0.4 is 5.32 Å². The zero-order valence-electron chi connectivity index (χ0n) is 15.0. The Labute approximate surface area is 161 Å². The summed E-state index contributed by atoms with van der Waals surface area (Å²) in [7, 11) is 3.25. The van der Waals surface area contributed by atoms with Gasteiger partial charge in [-0.3, -0.25) is 14.3 Å². The summed E-state index contributed by atoms with van der Waals surface area (Å²) in [5.74, 6) is -1.32. The Balaban J connectivity index is 1.84. The van der Waals surface area contributed by atoms with Crippen LogP contribution in [0, 0.1) is 5.82 Å². The molecule has 2 amide bonds. The number of halogens is 2. The van der Waals surface area contributed by atoms with Crippen LogP contribution in [0.4, 0.5) is 4.39 Å². The highest BCUT2D eigenvalue weighted by molar-refractivity contribution is 6.31. The lowest BCUT2D eigenvalue weighted by Gasteiger charge is -2.19. The summed E-state index contributed by atoms with van der Waals surface area (Å²) < 4.78 is 20.2. The Morgan fingerprint density at radius 1 is 1.37 bits per heavy atom. The first-order chi connectivity index (χ1) is 12.9. The number of carbonyl (C=O) groups excluding carboxylic acids is 2. The molecule has 144 valence electrons. The fourth-order valence-electron chi connectivity index (χ4n) is 3.40. The molecule has 1 aromatic heterocycles. The van der Waals surface area contributed by atoms with Crippen LogP contribution in [0.2, 0.25) is 5.02 Å². The Kier molecular flexibility index (Phi) is 5.76. The molecule has 1 fully saturated rings. The molecule has 0 aliphatic carbocycles. The minimum absolute atomic E-state index is 0.0674. The second-order valence-corrected chi connectivity index (χ2v) is 6.90. The van der Waals surface area contributed by atoms with E-state index in [1.165, 1.54) is 13.2 Å². The molecule has 1 saturated heterocycles. The third kappa shape index (κ3) is 4.28. The Morgan fingerprint density at radius 2 is 2.15 bits per heavy atom. The normalized spacial score (nSPS) is 19.3. The fraction of sp³-hybridized carbons (Fsp3) is 0.389. The zero-order valence-corrected chi connectivity index (χ0v) is 15.7. The summed E-state index contributed by atoms with van der Waals surface area (Å²) in [4.78, 5) is 26.4. The van der Waals surface area contributed by atoms with E-state index in [0.29, 0.717) is 6.54 Å². The minimum atomic E-state index is -0.571. The lowest BCUT2D eigenvalue weighted by Crippen LogP contribution is -2.42. The van der Waals surface area contributed by atoms with E-state index < -0.39 is 5.82 Å². The van der Waals surface area contributed by atoms with Crippen molar-refractivity contribution in [3.8, 4) is 0 Å². The standard InChI is InChI=1S/C18H20ClFN4O3/c1-23-16(3-4-21-23)14-8-24(9-15(14)22-17(25)10-27-2)18(26)11-5-12(19)7-13(20)6-11/h3-7,14-15H,8-10H2,1-2H3,(H,22,25)/t14-,15-/m1/s1. The van der Waals surface area contributed by atoms with Gasteiger partial charge in [-0.05, 0) is 24.3 Å². The second-order valence-electron chi connectivity index (χ2n) is 6.46. The van der Waals surface area contributed by atoms with Gasteiger partial charge in [-0.1, -0.05) is 11.6 Å². The van der Waals surface area contributed by atoms with Crippen molar-refractivity contribution in [2.24, 2.45) is 7.05 Å². The monoisotopic (exact) mass is 394 g/mol. The number of hydrogen-bond donors (Lipinski definition) is 1. The van der Waals surface area contributed by atoms with Gasteiger partial charge in [0, 0.05) is 55.6 Å². The number of nitrogens with zero attached hydrogens (tertiary/aromatic N) is 3. The van der Waals surface area contributed by atoms with Crippen LogP contribution in [0.1, 0.15) is 22.0 Å². The number of ether oxygens (including phenoxy) is 1. The van der Waals surface area contributed by atoms with Gasteiger partial charge in [0.1, 0.15) is 12.4 Å². The summed E-state index contributed by atoms with van der Waals surface area (Å²) in [6, 6.07) is 5.28. The number of likely N-dealkylation sites (tertiary alicyclic amines) is 1. The van der Waals surface area contributed by atoms with Crippen LogP contribution >= 0.6 is 11.6 Å². The summed E-state index contributed by atoms with van der Waals surface area (Å²) in [5.41, 5.74) is 1.07. The molecule has 0 radical (unpaired) electrons. The first kappa shape index (κ1) is 19.3. The number of carbonyl (C=O) groups is 2. The molecule has 1 N–H and O–H groups in total. The van der Waals surface area contributed by atoms with Crippen molar-refractivity contribution in [3.05, 3.63) is 52.6 Å². The second kappa shape index (κ2) is 8.06. The van der Waals surface area contributed by atoms with Gasteiger partial charge in [-0.15, -0.1) is 0 Å². The number of amides is 2. The molecule has 1 aromatic carbocycles. The van der Waals surface area contributed by atoms with Gasteiger partial charge in [-0.2, -0.15) is 5.10 Å². The van der Waals surface area contributed by atoms with Gasteiger partial charge < -0.3 is 15.0 Å². The van der Waals surface area contributed by atoms with Gasteiger partial charge in [0.25, 0.3) is 5.91 Å². The van der Waals surface area contributed by atoms with E-state index >= 15 is 0 Å². The largest absolute Gasteiger partial charge is 0.375 e. The molecule has 0 bridgehead atoms. The Hall–Kier alpha value is -2.45. The maximum absolute atomic E-state index is 13.6. The summed E-state index contributed by atoms with van der Waals surface area (Å²) in [5, 5.41) is 7.23. The molecule has 0 saturated carbocycles. The smallest absolute Gasteiger partial charge is 0.254 e. The van der Waals surface area contributed by atoms with Crippen molar-refractivity contribution in [2.45, 2.75) is 12.0 Å². The maximum atomic E-state index is 13.6. The third-order valence-electron chi connectivity index (χ3n) is 4.58. The SMILES string of the molecule is COCC(=O)N[C@@H]1CN(C(=O)c2cc(F)cc(Cl)c2)C[C@H]1c1ccnn1C. The van der Waals surface area contributed by atoms with Crippen LogP contribution in [0.3, 0.4) is 0 Å². The molecule has 1 aliphatic heterocycles. The number of methoxy groups -OCH3 is 1. The quantitative estimate of drug-likeness (QED) is 0.835. The highest BCUT2D eigenvalue weighted by Crippen LogP contribution is 2.29. The molecule has 0 spiro atoms. The van der Waals surface area contributed by atoms with Crippen LogP contribution in [-0.4, -0.2) is 59.3 Å². The van der Waals surface area contributed by atoms with Crippen LogP contribution in [-0.2, 0) is 16.6 Å². The van der Waals surface area contributed by atoms with Crippen molar-refractivity contribution in [1.82, 2.24) is 20.0 Å². The summed E-state index contributed by atoms with van der Waals surface area (Å²) in [6.45, 7) is 0.588. The first-order valence-corrected chi connectivity index (χ1v) is 8.78. The Morgan fingerprint density at radius 3 is 2.78 bits per heavy atom. The molecule has 9 heteroatoms. The molecule has 2 aromatic rings. The van der Waals surface area contributed by atoms with E-state index in [4.69, 9.17) is 16.3 Å². The van der Waals surface area contributed by atoms with E-state index in [-0.39, 0.29) is 47.5 Å². The lowest BCUT2D eigenvalue weighted by atomic mass is 9.99. The molecule has 0 unspecified atom stereocenters. The van der Waals surface area contributed by atoms with Crippen molar-refractivity contribution in [1.29, 1.82) is 0 Å². The van der Waals surface area contributed by atoms with E-state index in [0.717, 1.165) is 17.8 Å². The first-order valence-electron chi connectivity index (χ1n) is 8.40. The number of nitrogens with one attached hydrogen (secondary N) is 1. The minimum Gasteiger partial charge on any atom is -0.375 e. The highest BCUT2D eigenvalue weighted by atomic mass is 35.5. The lowest BCUT2D eigenvalue weighted by molar-refractivity contribution is -0.125. The average Bonchev–Trinajstić information content (AvgIpc) is 3.19. The van der Waals surface area contributed by atoms with Crippen molar-refractivity contribution in [2.75, 3.05) is 26.8 Å². The number of aromatic nitrogens is 2. The van der Waals surface area contributed by atoms with Crippen LogP contribution in [0.25, 0.3) is 0 Å². The third-order valence-corrected chi connectivity index (χ3v) is 4.80. The number of rotatable bonds is 5. The predicted octanol–water partition coefficient (Wildman–Crippen LogP) is 1.58. The van der Waals surface area contributed by atoms with Gasteiger partial charge >= 0.3 is 0 Å². The van der Waals surface area contributed by atoms with E-state index in [9.17, 15) is 14.0 Å². The molecule has 2 heterocycles. The molecule has 7 nitrogen and oxygen atoms in total. The molecule has 3 rings (SSSR count). The number of aryl methyl sites for hydroxylation is 1. The predicted molar refractivity (Wildman–Crippen MR) is 97.1 cm³/mol. The average molecular weight is 395 g/mol. The van der Waals surface area contributed by atoms with Gasteiger partial charge in [0.15, 0.2) is 0 Å². The van der Waals surface area contributed by atoms with E-state index in [1.54, 1.807) is 22.8 Å². The van der Waals surface area contributed by atoms with Crippen LogP contribution in [0.15, 0.2) is 30.5 Å². The molecular weight excluding hydrogens is 375 g/mol. The molecule has 27 heavy (non-hydrogen) atoms. The molecule has 1 aliphatic rings. The highest BCUT2D eigenvalue weighted by Gasteiger charge is 2.38. The topological polar surface area (TPSA) is 76.5 Å².